The van der Waals surface area contributed by atoms with Gasteiger partial charge in [0.25, 0.3) is 0 Å². The van der Waals surface area contributed by atoms with Gasteiger partial charge in [-0.2, -0.15) is 5.26 Å². The molecule has 3 nitrogen and oxygen atoms in total. The fraction of sp³-hybridized carbons (Fsp3) is 0.632. The molecule has 4 rings (SSSR count). The number of nitrogens with one attached hydrogen (secondary N) is 1. The fourth-order valence-electron chi connectivity index (χ4n) is 4.46. The molecule has 0 aliphatic heterocycles. The molecular formula is C19H26N2O. The number of nitriles is 1. The zero-order chi connectivity index (χ0) is 16.0. The molecule has 2 atom stereocenters. The third-order valence-corrected chi connectivity index (χ3v) is 6.16. The lowest BCUT2D eigenvalue weighted by atomic mass is 9.28. The minimum absolute atomic E-state index is 0.0166. The van der Waals surface area contributed by atoms with Crippen LogP contribution >= 0.6 is 0 Å². The molecule has 3 saturated carbocycles. The van der Waals surface area contributed by atoms with E-state index in [-0.39, 0.29) is 24.1 Å². The molecule has 0 saturated heterocycles. The van der Waals surface area contributed by atoms with Gasteiger partial charge in [0.1, 0.15) is 6.04 Å². The van der Waals surface area contributed by atoms with Gasteiger partial charge in [0.05, 0.1) is 18.7 Å². The van der Waals surface area contributed by atoms with Gasteiger partial charge in [0.2, 0.25) is 0 Å². The second-order valence-corrected chi connectivity index (χ2v) is 8.30. The summed E-state index contributed by atoms with van der Waals surface area (Å²) in [4.78, 5) is 0. The maximum atomic E-state index is 9.70. The number of aliphatic hydroxyl groups is 1. The van der Waals surface area contributed by atoms with E-state index < -0.39 is 0 Å². The molecule has 0 unspecified atom stereocenters. The summed E-state index contributed by atoms with van der Waals surface area (Å²) < 4.78 is 0. The summed E-state index contributed by atoms with van der Waals surface area (Å²) in [5.41, 5.74) is 1.93. The summed E-state index contributed by atoms with van der Waals surface area (Å²) in [5, 5.41) is 22.7. The van der Waals surface area contributed by atoms with E-state index in [2.05, 4.69) is 32.2 Å². The molecule has 0 spiro atoms. The Morgan fingerprint density at radius 3 is 2.27 bits per heavy atom. The van der Waals surface area contributed by atoms with Crippen molar-refractivity contribution in [3.8, 4) is 6.07 Å². The quantitative estimate of drug-likeness (QED) is 0.875. The molecule has 0 amide bonds. The first-order valence-electron chi connectivity index (χ1n) is 8.17. The summed E-state index contributed by atoms with van der Waals surface area (Å²) >= 11 is 0. The minimum Gasteiger partial charge on any atom is -0.394 e. The molecule has 0 heterocycles. The molecule has 22 heavy (non-hydrogen) atoms. The highest BCUT2D eigenvalue weighted by molar-refractivity contribution is 5.29. The minimum atomic E-state index is -0.172. The second kappa shape index (κ2) is 5.08. The highest BCUT2D eigenvalue weighted by atomic mass is 16.3. The summed E-state index contributed by atoms with van der Waals surface area (Å²) in [6.07, 6.45) is 3.42. The number of aliphatic hydroxyl groups excluding tert-OH is 1. The first-order valence-corrected chi connectivity index (χ1v) is 8.17. The van der Waals surface area contributed by atoms with Crippen molar-refractivity contribution in [1.82, 2.24) is 5.32 Å². The predicted molar refractivity (Wildman–Crippen MR) is 87.0 cm³/mol. The smallest absolute Gasteiger partial charge is 0.102 e. The maximum absolute atomic E-state index is 9.70. The molecule has 0 aromatic heterocycles. The monoisotopic (exact) mass is 298 g/mol. The van der Waals surface area contributed by atoms with E-state index in [1.165, 1.54) is 0 Å². The second-order valence-electron chi connectivity index (χ2n) is 8.30. The van der Waals surface area contributed by atoms with Crippen LogP contribution in [0.4, 0.5) is 0 Å². The van der Waals surface area contributed by atoms with Crippen LogP contribution in [0.1, 0.15) is 51.6 Å². The van der Waals surface area contributed by atoms with Crippen molar-refractivity contribution in [1.29, 1.82) is 5.26 Å². The highest BCUT2D eigenvalue weighted by Gasteiger charge is 2.73. The molecular weight excluding hydrogens is 272 g/mol. The Balaban J connectivity index is 1.69. The van der Waals surface area contributed by atoms with Crippen molar-refractivity contribution in [3.05, 3.63) is 35.9 Å². The average molecular weight is 298 g/mol. The summed E-state index contributed by atoms with van der Waals surface area (Å²) in [7, 11) is 0. The number of hydrogen-bond donors (Lipinski definition) is 2. The predicted octanol–water partition coefficient (Wildman–Crippen LogP) is 3.42. The van der Waals surface area contributed by atoms with Crippen molar-refractivity contribution in [3.63, 3.8) is 0 Å². The molecule has 118 valence electrons. The van der Waals surface area contributed by atoms with Crippen LogP contribution in [0.3, 0.4) is 0 Å². The molecule has 2 N–H and O–H groups in total. The van der Waals surface area contributed by atoms with E-state index in [1.54, 1.807) is 0 Å². The summed E-state index contributed by atoms with van der Waals surface area (Å²) in [6.45, 7) is 6.95. The van der Waals surface area contributed by atoms with E-state index >= 15 is 0 Å². The van der Waals surface area contributed by atoms with Crippen molar-refractivity contribution in [2.45, 2.75) is 52.1 Å². The molecule has 1 aromatic carbocycles. The highest BCUT2D eigenvalue weighted by Crippen LogP contribution is 2.80. The SMILES string of the molecule is CC(C)(C)C12CC([C@@H](C#N)N[C@@H](CO)c3ccccc3)(C1)C2. The van der Waals surface area contributed by atoms with E-state index in [0.717, 1.165) is 24.8 Å². The van der Waals surface area contributed by atoms with Crippen molar-refractivity contribution in [2.24, 2.45) is 16.2 Å². The number of rotatable bonds is 5. The molecule has 3 aliphatic carbocycles. The van der Waals surface area contributed by atoms with Gasteiger partial charge < -0.3 is 5.11 Å². The van der Waals surface area contributed by atoms with Crippen LogP contribution in [0.15, 0.2) is 30.3 Å². The zero-order valence-electron chi connectivity index (χ0n) is 13.8. The van der Waals surface area contributed by atoms with Gasteiger partial charge in [-0.1, -0.05) is 51.1 Å². The lowest BCUT2D eigenvalue weighted by molar-refractivity contribution is -0.266. The van der Waals surface area contributed by atoms with E-state index in [4.69, 9.17) is 0 Å². The lowest BCUT2D eigenvalue weighted by Gasteiger charge is -2.77. The molecule has 1 aromatic rings. The third-order valence-electron chi connectivity index (χ3n) is 6.16. The number of nitrogens with zero attached hydrogens (tertiary/aromatic N) is 1. The van der Waals surface area contributed by atoms with Crippen molar-refractivity contribution < 1.29 is 5.11 Å². The molecule has 2 bridgehead atoms. The zero-order valence-corrected chi connectivity index (χ0v) is 13.8. The van der Waals surface area contributed by atoms with Crippen LogP contribution in [0.2, 0.25) is 0 Å². The maximum Gasteiger partial charge on any atom is 0.102 e. The number of benzene rings is 1. The van der Waals surface area contributed by atoms with Gasteiger partial charge in [0, 0.05) is 5.41 Å². The van der Waals surface area contributed by atoms with Crippen LogP contribution in [-0.4, -0.2) is 17.8 Å². The Bertz CT molecular complexity index is 562. The topological polar surface area (TPSA) is 56.0 Å². The fourth-order valence-corrected chi connectivity index (χ4v) is 4.46. The van der Waals surface area contributed by atoms with E-state index in [0.29, 0.717) is 10.8 Å². The Morgan fingerprint density at radius 1 is 1.23 bits per heavy atom. The first-order chi connectivity index (χ1) is 10.4. The molecule has 0 radical (unpaired) electrons. The Morgan fingerprint density at radius 2 is 1.82 bits per heavy atom. The largest absolute Gasteiger partial charge is 0.394 e. The van der Waals surface area contributed by atoms with E-state index in [1.807, 2.05) is 30.3 Å². The normalized spacial score (nSPS) is 32.3. The molecule has 3 aliphatic rings. The number of hydrogen-bond acceptors (Lipinski definition) is 3. The van der Waals surface area contributed by atoms with Gasteiger partial charge in [-0.05, 0) is 35.7 Å². The third kappa shape index (κ3) is 2.17. The van der Waals surface area contributed by atoms with Gasteiger partial charge in [-0.25, -0.2) is 0 Å². The van der Waals surface area contributed by atoms with E-state index in [9.17, 15) is 10.4 Å². The first kappa shape index (κ1) is 15.5. The van der Waals surface area contributed by atoms with Crippen LogP contribution in [0, 0.1) is 27.6 Å². The van der Waals surface area contributed by atoms with Crippen molar-refractivity contribution >= 4 is 0 Å². The molecule has 3 heteroatoms. The van der Waals surface area contributed by atoms with Crippen LogP contribution in [-0.2, 0) is 0 Å². The summed E-state index contributed by atoms with van der Waals surface area (Å²) in [6, 6.07) is 12.0. The Hall–Kier alpha value is -1.37. The van der Waals surface area contributed by atoms with Crippen LogP contribution < -0.4 is 5.32 Å². The average Bonchev–Trinajstić information content (AvgIpc) is 2.39. The standard InChI is InChI=1S/C19H26N2O/c1-17(2,3)19-11-18(12-19,13-19)16(9-20)21-15(10-22)14-7-5-4-6-8-14/h4-8,15-16,21-22H,10-13H2,1-3H3/t15-,16+,18?,19?/m0/s1. The van der Waals surface area contributed by atoms with Crippen LogP contribution in [0.25, 0.3) is 0 Å². The van der Waals surface area contributed by atoms with Crippen LogP contribution in [0.5, 0.6) is 0 Å². The van der Waals surface area contributed by atoms with Gasteiger partial charge >= 0.3 is 0 Å². The van der Waals surface area contributed by atoms with Crippen molar-refractivity contribution in [2.75, 3.05) is 6.61 Å². The Kier molecular flexibility index (Phi) is 3.58. The van der Waals surface area contributed by atoms with Gasteiger partial charge in [0.15, 0.2) is 0 Å². The Labute approximate surface area is 133 Å². The van der Waals surface area contributed by atoms with Gasteiger partial charge in [-0.3, -0.25) is 5.32 Å². The summed E-state index contributed by atoms with van der Waals surface area (Å²) in [5.74, 6) is 0. The lowest BCUT2D eigenvalue weighted by Crippen LogP contribution is -2.73. The molecule has 3 fully saturated rings. The van der Waals surface area contributed by atoms with Gasteiger partial charge in [-0.15, -0.1) is 0 Å².